The van der Waals surface area contributed by atoms with Crippen LogP contribution in [0.4, 0.5) is 20.7 Å². The zero-order valence-corrected chi connectivity index (χ0v) is 27.2. The first-order valence-corrected chi connectivity index (χ1v) is 13.9. The van der Waals surface area contributed by atoms with Crippen LogP contribution in [0.2, 0.25) is 0 Å². The average Bonchev–Trinajstić information content (AvgIpc) is 2.90. The number of halogens is 2. The summed E-state index contributed by atoms with van der Waals surface area (Å²) in [5.74, 6) is 1.07. The number of aliphatic hydroxyl groups is 1. The maximum absolute atomic E-state index is 13.3. The first-order chi connectivity index (χ1) is 19.7. The van der Waals surface area contributed by atoms with Gasteiger partial charge in [0.1, 0.15) is 35.1 Å². The minimum atomic E-state index is -1.09. The quantitative estimate of drug-likeness (QED) is 0.228. The molecule has 0 bridgehead atoms. The Labute approximate surface area is 274 Å². The van der Waals surface area contributed by atoms with Crippen molar-refractivity contribution in [1.29, 1.82) is 0 Å². The molecule has 3 aromatic heterocycles. The number of hydrogen-bond donors (Lipinski definition) is 2. The third kappa shape index (κ3) is 10.5. The number of carbonyl (C=O) groups excluding carboxylic acids is 1. The van der Waals surface area contributed by atoms with Crippen molar-refractivity contribution in [3.05, 3.63) is 85.0 Å². The second-order valence-electron chi connectivity index (χ2n) is 10.0. The predicted octanol–water partition coefficient (Wildman–Crippen LogP) is 2.72. The summed E-state index contributed by atoms with van der Waals surface area (Å²) < 4.78 is 24.8. The fourth-order valence-corrected chi connectivity index (χ4v) is 3.91. The Morgan fingerprint density at radius 3 is 2.56 bits per heavy atom. The molecule has 1 atom stereocenters. The van der Waals surface area contributed by atoms with Crippen LogP contribution in [0.5, 0.6) is 11.5 Å². The molecule has 0 saturated carbocycles. The normalized spacial score (nSPS) is 12.2. The molecule has 2 N–H and O–H groups in total. The van der Waals surface area contributed by atoms with E-state index in [0.717, 1.165) is 21.9 Å². The van der Waals surface area contributed by atoms with Gasteiger partial charge in [-0.2, -0.15) is 0 Å². The molecule has 10 nitrogen and oxygen atoms in total. The van der Waals surface area contributed by atoms with Gasteiger partial charge in [0, 0.05) is 34.1 Å². The van der Waals surface area contributed by atoms with Crippen molar-refractivity contribution in [2.75, 3.05) is 18.5 Å². The van der Waals surface area contributed by atoms with Crippen molar-refractivity contribution in [2.45, 2.75) is 38.5 Å². The number of pyridine rings is 2. The van der Waals surface area contributed by atoms with Crippen molar-refractivity contribution >= 4 is 54.8 Å². The van der Waals surface area contributed by atoms with E-state index in [2.05, 4.69) is 71.5 Å². The monoisotopic (exact) mass is 659 g/mol. The molecule has 1 amide bonds. The summed E-state index contributed by atoms with van der Waals surface area (Å²) in [4.78, 5) is 29.4. The number of rotatable bonds is 7. The SMILES string of the molecule is Cc1cc(Nc2ncnc3cc(Br)[c-]nc23)ccc1Oc1cncc(F)c1.[CH2-]CN(C(=O)OC(C)(C)C)[C@@]([CH2-])([Si])CO.[Li+]. The van der Waals surface area contributed by atoms with Gasteiger partial charge in [0.25, 0.3) is 0 Å². The van der Waals surface area contributed by atoms with E-state index in [1.165, 1.54) is 23.5 Å². The molecule has 1 aromatic carbocycles. The molecule has 0 fully saturated rings. The molecular weight excluding hydrogens is 630 g/mol. The number of anilines is 2. The van der Waals surface area contributed by atoms with Crippen molar-refractivity contribution in [2.24, 2.45) is 0 Å². The van der Waals surface area contributed by atoms with Crippen LogP contribution in [0.3, 0.4) is 0 Å². The van der Waals surface area contributed by atoms with E-state index < -0.39 is 22.7 Å². The average molecular weight is 661 g/mol. The van der Waals surface area contributed by atoms with Crippen LogP contribution in [-0.4, -0.2) is 70.2 Å². The zero-order valence-electron chi connectivity index (χ0n) is 24.6. The summed E-state index contributed by atoms with van der Waals surface area (Å²) in [6, 6.07) is 8.64. The van der Waals surface area contributed by atoms with Gasteiger partial charge in [-0.1, -0.05) is 31.8 Å². The minimum absolute atomic E-state index is 0. The number of aliphatic hydroxyl groups excluding tert-OH is 1. The standard InChI is InChI=1S/C19H12BrFN5O.C10H18NO3Si.Li/c1-11-4-14(2-3-17(11)27-15-6-13(21)8-22-9-15)26-19-18-16(24-10-25-19)5-12(20)7-23-18;1-6-11(10(5,15)7-12)8(13)14-9(2,3)4;/h2-6,8-10H,1H3,(H,24,25,26);12H,1,5-7H2,2-4H3;/q-1;-2;+1/t;10-;/m.0./s1. The van der Waals surface area contributed by atoms with Gasteiger partial charge < -0.3 is 43.6 Å². The summed E-state index contributed by atoms with van der Waals surface area (Å²) in [6.07, 6.45) is 6.34. The Balaban J connectivity index is 0.000000348. The maximum atomic E-state index is 13.3. The molecule has 43 heavy (non-hydrogen) atoms. The van der Waals surface area contributed by atoms with Crippen molar-refractivity contribution in [3.63, 3.8) is 0 Å². The molecule has 0 aliphatic carbocycles. The van der Waals surface area contributed by atoms with Gasteiger partial charge in [-0.05, 0) is 57.0 Å². The molecule has 0 spiro atoms. The molecule has 4 aromatic rings. The molecular formula is C29H30BrFLiN6O4Si-2. The van der Waals surface area contributed by atoms with Crippen LogP contribution >= 0.6 is 15.9 Å². The third-order valence-corrected chi connectivity index (χ3v) is 6.18. The smallest absolute Gasteiger partial charge is 0.455 e. The second-order valence-corrected chi connectivity index (χ2v) is 11.8. The largest absolute Gasteiger partial charge is 1.00 e. The van der Waals surface area contributed by atoms with Crippen molar-refractivity contribution in [1.82, 2.24) is 24.8 Å². The topological polar surface area (TPSA) is 123 Å². The number of hydrogen-bond acceptors (Lipinski definition) is 9. The number of amides is 1. The number of aryl methyl sites for hydroxylation is 1. The molecule has 4 rings (SSSR count). The van der Waals surface area contributed by atoms with E-state index >= 15 is 0 Å². The van der Waals surface area contributed by atoms with Crippen molar-refractivity contribution in [3.8, 4) is 11.5 Å². The molecule has 0 aliphatic rings. The van der Waals surface area contributed by atoms with Crippen LogP contribution in [0.1, 0.15) is 26.3 Å². The van der Waals surface area contributed by atoms with Gasteiger partial charge in [-0.25, -0.2) is 14.2 Å². The number of nitrogens with one attached hydrogen (secondary N) is 1. The van der Waals surface area contributed by atoms with E-state index in [0.29, 0.717) is 28.4 Å². The van der Waals surface area contributed by atoms with Gasteiger partial charge >= 0.3 is 25.0 Å². The van der Waals surface area contributed by atoms with Crippen molar-refractivity contribution < 1.29 is 42.6 Å². The maximum Gasteiger partial charge on any atom is 1.00 e. The Morgan fingerprint density at radius 1 is 1.23 bits per heavy atom. The number of fused-ring (bicyclic) bond motifs is 1. The molecule has 0 aliphatic heterocycles. The summed E-state index contributed by atoms with van der Waals surface area (Å²) in [6.45, 7) is 14.3. The fraction of sp³-hybridized carbons (Fsp3) is 0.276. The van der Waals surface area contributed by atoms with Crippen LogP contribution in [0.15, 0.2) is 53.5 Å². The van der Waals surface area contributed by atoms with Gasteiger partial charge in [0.15, 0.2) is 0 Å². The van der Waals surface area contributed by atoms with E-state index in [1.807, 2.05) is 25.1 Å². The summed E-state index contributed by atoms with van der Waals surface area (Å²) in [5, 5.41) is 11.2. The summed E-state index contributed by atoms with van der Waals surface area (Å²) in [7, 11) is 3.19. The van der Waals surface area contributed by atoms with Crippen LogP contribution in [0.25, 0.3) is 11.0 Å². The van der Waals surface area contributed by atoms with Crippen LogP contribution < -0.4 is 28.9 Å². The zero-order chi connectivity index (χ0) is 31.1. The van der Waals surface area contributed by atoms with Gasteiger partial charge in [-0.3, -0.25) is 9.97 Å². The minimum Gasteiger partial charge on any atom is -0.455 e. The molecule has 221 valence electrons. The molecule has 0 saturated heterocycles. The molecule has 3 radical (unpaired) electrons. The van der Waals surface area contributed by atoms with E-state index in [4.69, 9.17) is 14.6 Å². The van der Waals surface area contributed by atoms with E-state index in [9.17, 15) is 9.18 Å². The third-order valence-electron chi connectivity index (χ3n) is 5.35. The number of ether oxygens (including phenoxy) is 2. The number of carbonyl (C=O) groups is 1. The Bertz CT molecular complexity index is 1540. The molecule has 3 heterocycles. The Morgan fingerprint density at radius 2 is 1.95 bits per heavy atom. The number of nitrogens with zero attached hydrogens (tertiary/aromatic N) is 5. The first kappa shape index (κ1) is 36.1. The fourth-order valence-electron chi connectivity index (χ4n) is 3.40. The van der Waals surface area contributed by atoms with Gasteiger partial charge in [0.2, 0.25) is 0 Å². The summed E-state index contributed by atoms with van der Waals surface area (Å²) >= 11 is 3.33. The van der Waals surface area contributed by atoms with Gasteiger partial charge in [0.05, 0.1) is 12.4 Å². The van der Waals surface area contributed by atoms with E-state index in [1.54, 1.807) is 26.8 Å². The second kappa shape index (κ2) is 15.6. The summed E-state index contributed by atoms with van der Waals surface area (Å²) in [5.41, 5.74) is 2.41. The Hall–Kier alpha value is -3.09. The van der Waals surface area contributed by atoms with Crippen LogP contribution in [0, 0.1) is 32.8 Å². The predicted molar refractivity (Wildman–Crippen MR) is 162 cm³/mol. The number of benzene rings is 1. The van der Waals surface area contributed by atoms with E-state index in [-0.39, 0.29) is 32.0 Å². The van der Waals surface area contributed by atoms with Crippen LogP contribution in [-0.2, 0) is 4.74 Å². The molecule has 0 unspecified atom stereocenters. The first-order valence-electron chi connectivity index (χ1n) is 12.6. The van der Waals surface area contributed by atoms with Gasteiger partial charge in [-0.15, -0.1) is 12.6 Å². The number of aromatic nitrogens is 4. The molecule has 14 heteroatoms. The Kier molecular flexibility index (Phi) is 13.1.